The lowest BCUT2D eigenvalue weighted by Gasteiger charge is -2.25. The third-order valence-corrected chi connectivity index (χ3v) is 6.32. The highest BCUT2D eigenvalue weighted by atomic mass is 16.5. The highest BCUT2D eigenvalue weighted by Crippen LogP contribution is 2.37. The van der Waals surface area contributed by atoms with E-state index in [0.29, 0.717) is 36.1 Å². The van der Waals surface area contributed by atoms with Crippen molar-refractivity contribution in [3.8, 4) is 23.0 Å². The lowest BCUT2D eigenvalue weighted by atomic mass is 10.1. The number of ether oxygens (including phenoxy) is 1. The van der Waals surface area contributed by atoms with Crippen molar-refractivity contribution in [3.63, 3.8) is 0 Å². The molecule has 10 heteroatoms. The van der Waals surface area contributed by atoms with Gasteiger partial charge in [0.1, 0.15) is 12.1 Å². The van der Waals surface area contributed by atoms with Gasteiger partial charge in [0.25, 0.3) is 5.89 Å². The number of methoxy groups -OCH3 is 1. The maximum atomic E-state index is 6.70. The molecular formula is C23H30N8O2. The SMILES string of the molecule is COc1ccc2c(c1)N(N)/C(=C(\N)CN1CCCC1)Cc1c(-c3nc(C(C)C)no3)ncn1-2. The van der Waals surface area contributed by atoms with Gasteiger partial charge in [0, 0.05) is 30.6 Å². The molecule has 1 saturated heterocycles. The Morgan fingerprint density at radius 1 is 1.21 bits per heavy atom. The summed E-state index contributed by atoms with van der Waals surface area (Å²) < 4.78 is 13.1. The number of rotatable bonds is 5. The van der Waals surface area contributed by atoms with Gasteiger partial charge < -0.3 is 15.0 Å². The van der Waals surface area contributed by atoms with Gasteiger partial charge in [-0.15, -0.1) is 0 Å². The van der Waals surface area contributed by atoms with Crippen LogP contribution in [0.25, 0.3) is 17.3 Å². The summed E-state index contributed by atoms with van der Waals surface area (Å²) in [6.07, 6.45) is 4.63. The Hall–Kier alpha value is -3.37. The molecule has 33 heavy (non-hydrogen) atoms. The van der Waals surface area contributed by atoms with Crippen LogP contribution in [0.3, 0.4) is 0 Å². The number of benzene rings is 1. The van der Waals surface area contributed by atoms with Gasteiger partial charge in [0.2, 0.25) is 0 Å². The molecule has 0 amide bonds. The van der Waals surface area contributed by atoms with E-state index in [2.05, 4.69) is 20.0 Å². The van der Waals surface area contributed by atoms with Crippen LogP contribution >= 0.6 is 0 Å². The molecule has 1 aromatic carbocycles. The van der Waals surface area contributed by atoms with Crippen LogP contribution in [0.2, 0.25) is 0 Å². The van der Waals surface area contributed by atoms with Crippen molar-refractivity contribution in [1.82, 2.24) is 24.6 Å². The molecule has 4 heterocycles. The number of likely N-dealkylation sites (tertiary alicyclic amines) is 1. The monoisotopic (exact) mass is 450 g/mol. The van der Waals surface area contributed by atoms with Crippen LogP contribution in [-0.4, -0.2) is 51.3 Å². The second-order valence-electron chi connectivity index (χ2n) is 8.88. The molecule has 10 nitrogen and oxygen atoms in total. The molecule has 2 aliphatic heterocycles. The maximum absolute atomic E-state index is 6.70. The third-order valence-electron chi connectivity index (χ3n) is 6.32. The average Bonchev–Trinajstić information content (AvgIpc) is 3.56. The molecule has 2 aromatic heterocycles. The van der Waals surface area contributed by atoms with E-state index in [1.54, 1.807) is 18.4 Å². The van der Waals surface area contributed by atoms with Gasteiger partial charge in [-0.2, -0.15) is 4.98 Å². The number of allylic oxidation sites excluding steroid dienone is 1. The van der Waals surface area contributed by atoms with Crippen LogP contribution in [0.1, 0.15) is 44.1 Å². The van der Waals surface area contributed by atoms with E-state index in [0.717, 1.165) is 41.6 Å². The van der Waals surface area contributed by atoms with Gasteiger partial charge in [0.05, 0.1) is 29.9 Å². The molecule has 174 valence electrons. The maximum Gasteiger partial charge on any atom is 0.278 e. The summed E-state index contributed by atoms with van der Waals surface area (Å²) in [5, 5.41) is 5.79. The molecule has 0 unspecified atom stereocenters. The molecule has 0 aliphatic carbocycles. The van der Waals surface area contributed by atoms with E-state index in [1.807, 2.05) is 36.6 Å². The number of hydrogen-bond donors (Lipinski definition) is 2. The van der Waals surface area contributed by atoms with Gasteiger partial charge in [-0.05, 0) is 38.1 Å². The van der Waals surface area contributed by atoms with Crippen LogP contribution < -0.4 is 21.3 Å². The first-order valence-corrected chi connectivity index (χ1v) is 11.3. The van der Waals surface area contributed by atoms with Crippen molar-refractivity contribution >= 4 is 5.69 Å². The van der Waals surface area contributed by atoms with Gasteiger partial charge >= 0.3 is 0 Å². The van der Waals surface area contributed by atoms with E-state index in [1.165, 1.54) is 12.8 Å². The first-order valence-electron chi connectivity index (χ1n) is 11.3. The zero-order valence-corrected chi connectivity index (χ0v) is 19.3. The standard InChI is InChI=1S/C23H30N8O2/c1-14(2)22-27-23(33-28-22)21-20-11-18(16(24)12-29-8-4-5-9-29)31(25)19-10-15(32-3)6-7-17(19)30(20)13-26-21/h6-7,10,13-14H,4-5,8-9,11-12,24-25H2,1-3H3/b18-16-. The molecule has 1 fully saturated rings. The molecule has 0 spiro atoms. The number of imidazole rings is 1. The van der Waals surface area contributed by atoms with Crippen LogP contribution in [-0.2, 0) is 6.42 Å². The molecule has 2 aliphatic rings. The lowest BCUT2D eigenvalue weighted by Crippen LogP contribution is -2.36. The number of nitrogens with zero attached hydrogens (tertiary/aromatic N) is 6. The summed E-state index contributed by atoms with van der Waals surface area (Å²) in [7, 11) is 1.64. The molecule has 0 radical (unpaired) electrons. The molecule has 3 aromatic rings. The zero-order valence-electron chi connectivity index (χ0n) is 19.3. The number of hydrazine groups is 1. The molecule has 4 N–H and O–H groups in total. The Bertz CT molecular complexity index is 1190. The Morgan fingerprint density at radius 2 is 2.00 bits per heavy atom. The van der Waals surface area contributed by atoms with E-state index in [9.17, 15) is 0 Å². The van der Waals surface area contributed by atoms with Crippen LogP contribution in [0.5, 0.6) is 5.75 Å². The Balaban J connectivity index is 1.65. The van der Waals surface area contributed by atoms with Crippen molar-refractivity contribution in [3.05, 3.63) is 47.4 Å². The average molecular weight is 451 g/mol. The van der Waals surface area contributed by atoms with E-state index >= 15 is 0 Å². The van der Waals surface area contributed by atoms with Crippen molar-refractivity contribution in [2.45, 2.75) is 39.0 Å². The number of hydrogen-bond acceptors (Lipinski definition) is 9. The third kappa shape index (κ3) is 3.85. The van der Waals surface area contributed by atoms with Crippen molar-refractivity contribution < 1.29 is 9.26 Å². The first-order chi connectivity index (χ1) is 16.0. The topological polar surface area (TPSA) is 124 Å². The number of aromatic nitrogens is 4. The molecule has 0 atom stereocenters. The second-order valence-corrected chi connectivity index (χ2v) is 8.88. The largest absolute Gasteiger partial charge is 0.497 e. The fourth-order valence-corrected chi connectivity index (χ4v) is 4.45. The first kappa shape index (κ1) is 21.5. The number of anilines is 1. The van der Waals surface area contributed by atoms with Crippen LogP contribution in [0.4, 0.5) is 5.69 Å². The van der Waals surface area contributed by atoms with Crippen molar-refractivity contribution in [2.24, 2.45) is 11.6 Å². The van der Waals surface area contributed by atoms with Gasteiger partial charge in [-0.1, -0.05) is 19.0 Å². The minimum atomic E-state index is 0.156. The Kier molecular flexibility index (Phi) is 5.55. The Morgan fingerprint density at radius 3 is 2.70 bits per heavy atom. The molecular weight excluding hydrogens is 420 g/mol. The highest BCUT2D eigenvalue weighted by Gasteiger charge is 2.29. The zero-order chi connectivity index (χ0) is 23.1. The normalized spacial score (nSPS) is 17.8. The lowest BCUT2D eigenvalue weighted by molar-refractivity contribution is 0.365. The summed E-state index contributed by atoms with van der Waals surface area (Å²) in [4.78, 5) is 11.6. The minimum absolute atomic E-state index is 0.156. The van der Waals surface area contributed by atoms with E-state index in [4.69, 9.17) is 20.8 Å². The molecule has 5 rings (SSSR count). The van der Waals surface area contributed by atoms with E-state index in [-0.39, 0.29) is 5.92 Å². The number of fused-ring (bicyclic) bond motifs is 3. The van der Waals surface area contributed by atoms with Gasteiger partial charge in [-0.3, -0.25) is 14.5 Å². The second kappa shape index (κ2) is 8.53. The van der Waals surface area contributed by atoms with Crippen LogP contribution in [0.15, 0.2) is 40.4 Å². The smallest absolute Gasteiger partial charge is 0.278 e. The molecule has 0 saturated carbocycles. The summed E-state index contributed by atoms with van der Waals surface area (Å²) in [6, 6.07) is 5.79. The summed E-state index contributed by atoms with van der Waals surface area (Å²) in [5.74, 6) is 8.61. The quantitative estimate of drug-likeness (QED) is 0.564. The van der Waals surface area contributed by atoms with Crippen molar-refractivity contribution in [1.29, 1.82) is 0 Å². The highest BCUT2D eigenvalue weighted by molar-refractivity contribution is 5.71. The Labute approximate surface area is 192 Å². The van der Waals surface area contributed by atoms with Crippen molar-refractivity contribution in [2.75, 3.05) is 31.8 Å². The predicted octanol–water partition coefficient (Wildman–Crippen LogP) is 2.56. The van der Waals surface area contributed by atoms with Gasteiger partial charge in [-0.25, -0.2) is 10.8 Å². The summed E-state index contributed by atoms with van der Waals surface area (Å²) >= 11 is 0. The van der Waals surface area contributed by atoms with Gasteiger partial charge in [0.15, 0.2) is 11.5 Å². The van der Waals surface area contributed by atoms with Crippen LogP contribution in [0, 0.1) is 0 Å². The van der Waals surface area contributed by atoms with E-state index < -0.39 is 0 Å². The molecule has 0 bridgehead atoms. The fraction of sp³-hybridized carbons (Fsp3) is 0.435. The fourth-order valence-electron chi connectivity index (χ4n) is 4.45. The minimum Gasteiger partial charge on any atom is -0.497 e. The summed E-state index contributed by atoms with van der Waals surface area (Å²) in [6.45, 7) is 6.82. The number of nitrogens with two attached hydrogens (primary N) is 2. The predicted molar refractivity (Wildman–Crippen MR) is 125 cm³/mol. The summed E-state index contributed by atoms with van der Waals surface area (Å²) in [5.41, 5.74) is 11.4.